The smallest absolute Gasteiger partial charge is 0.412 e. The van der Waals surface area contributed by atoms with Gasteiger partial charge in [0.1, 0.15) is 0 Å². The van der Waals surface area contributed by atoms with E-state index in [4.69, 9.17) is 9.31 Å². The van der Waals surface area contributed by atoms with E-state index in [1.165, 1.54) is 122 Å². The number of anilines is 2. The van der Waals surface area contributed by atoms with Gasteiger partial charge in [-0.1, -0.05) is 222 Å². The lowest BCUT2D eigenvalue weighted by Crippen LogP contribution is -2.41. The Bertz CT molecular complexity index is 7100. The number of halogens is 2. The summed E-state index contributed by atoms with van der Waals surface area (Å²) in [6, 6.07) is 117. The number of benzene rings is 15. The molecule has 1 aliphatic rings. The van der Waals surface area contributed by atoms with Crippen molar-refractivity contribution in [2.24, 2.45) is 0 Å². The van der Waals surface area contributed by atoms with E-state index < -0.39 is 21.6 Å². The van der Waals surface area contributed by atoms with E-state index in [2.05, 4.69) is 303 Å². The van der Waals surface area contributed by atoms with Crippen LogP contribution >= 0.6 is 64.4 Å². The number of aromatic amines is 3. The van der Waals surface area contributed by atoms with Crippen LogP contribution < -0.4 is 16.9 Å². The molecule has 21 aromatic rings. The zero-order valence-corrected chi connectivity index (χ0v) is 73.1. The lowest BCUT2D eigenvalue weighted by molar-refractivity contribution is 0.00578. The summed E-state index contributed by atoms with van der Waals surface area (Å²) in [6.45, 7) is 8.27. The molecule has 19 heteroatoms. The molecule has 3 atom stereocenters. The Morgan fingerprint density at radius 3 is 1.37 bits per heavy atom. The van der Waals surface area contributed by atoms with Gasteiger partial charge in [0, 0.05) is 160 Å². The van der Waals surface area contributed by atoms with Gasteiger partial charge >= 0.3 is 7.12 Å². The fourth-order valence-electron chi connectivity index (χ4n) is 15.3. The van der Waals surface area contributed by atoms with E-state index in [1.54, 1.807) is 12.5 Å². The molecule has 15 aromatic carbocycles. The first-order valence-corrected chi connectivity index (χ1v) is 44.0. The molecule has 7 heterocycles. The van der Waals surface area contributed by atoms with E-state index in [0.29, 0.717) is 0 Å². The molecule has 0 bridgehead atoms. The minimum atomic E-state index is -1.02. The molecule has 9 N–H and O–H groups in total. The Kier molecular flexibility index (Phi) is 25.2. The second kappa shape index (κ2) is 35.7. The van der Waals surface area contributed by atoms with Crippen LogP contribution in [0.4, 0.5) is 11.4 Å². The van der Waals surface area contributed by atoms with E-state index in [0.717, 1.165) is 57.7 Å². The van der Waals surface area contributed by atoms with E-state index >= 15 is 0 Å². The highest BCUT2D eigenvalue weighted by Gasteiger charge is 2.51. The van der Waals surface area contributed by atoms with Crippen LogP contribution in [0.2, 0.25) is 0 Å². The minimum absolute atomic E-state index is 0. The van der Waals surface area contributed by atoms with Crippen molar-refractivity contribution in [3.05, 3.63) is 349 Å². The van der Waals surface area contributed by atoms with Gasteiger partial charge in [-0.15, -0.1) is 22.7 Å². The SMILES string of the molecule is Brc1cccc2[nH]c3ccccc3c12.CC1(C)OB(c2cccc(Nc3ccccc3)c2)OC1(C)C.CS(=O)c1ccccc1-c1cccc2[nH]c3ccccc3c12.CS(=O)c1ccccc1Br.N.O.P.c1ccc(-n2c3ccccc3c3c4c(ccc32)sc2ccccc24)cc1.c1ccc2c(c1)[nH]c1ccc3sc4ccccc4c3c12. The predicted octanol–water partition coefficient (Wildman–Crippen LogP) is 27.0. The summed E-state index contributed by atoms with van der Waals surface area (Å²) in [5.74, 6) is 0. The number of aromatic nitrogens is 4. The number of thiophene rings is 2. The molecule has 1 aliphatic heterocycles. The molecular weight excluding hydrogens is 1670 g/mol. The Balaban J connectivity index is 0.000000117. The maximum Gasteiger partial charge on any atom is 0.494 e. The van der Waals surface area contributed by atoms with Crippen molar-refractivity contribution in [3.8, 4) is 16.8 Å². The van der Waals surface area contributed by atoms with Gasteiger partial charge in [0.2, 0.25) is 0 Å². The van der Waals surface area contributed by atoms with Crippen molar-refractivity contribution in [1.82, 2.24) is 25.7 Å². The fraction of sp³-hybridized carbons (Fsp3) is 0.0816. The van der Waals surface area contributed by atoms with E-state index in [1.807, 2.05) is 144 Å². The van der Waals surface area contributed by atoms with Crippen molar-refractivity contribution in [3.63, 3.8) is 0 Å². The summed E-state index contributed by atoms with van der Waals surface area (Å²) < 4.78 is 45.1. The maximum atomic E-state index is 12.1. The van der Waals surface area contributed by atoms with Crippen molar-refractivity contribution in [1.29, 1.82) is 0 Å². The fourth-order valence-corrected chi connectivity index (χ4v) is 20.5. The van der Waals surface area contributed by atoms with Crippen molar-refractivity contribution in [2.45, 2.75) is 48.7 Å². The second-order valence-corrected chi connectivity index (χ2v) is 35.6. The lowest BCUT2D eigenvalue weighted by Gasteiger charge is -2.32. The molecule has 6 aromatic heterocycles. The molecule has 11 nitrogen and oxygen atoms in total. The largest absolute Gasteiger partial charge is 0.494 e. The van der Waals surface area contributed by atoms with Crippen LogP contribution in [-0.4, -0.2) is 64.2 Å². The first kappa shape index (κ1) is 82.8. The zero-order chi connectivity index (χ0) is 78.2. The average molecular weight is 1760 g/mol. The third-order valence-corrected chi connectivity index (χ3v) is 27.2. The third-order valence-electron chi connectivity index (χ3n) is 21.3. The van der Waals surface area contributed by atoms with Crippen LogP contribution in [0.15, 0.2) is 358 Å². The van der Waals surface area contributed by atoms with Crippen molar-refractivity contribution < 1.29 is 23.2 Å². The number of rotatable bonds is 7. The van der Waals surface area contributed by atoms with Gasteiger partial charge in [-0.25, -0.2) is 0 Å². The van der Waals surface area contributed by atoms with Crippen LogP contribution in [0.3, 0.4) is 0 Å². The number of fused-ring (bicyclic) bond motifs is 20. The average Bonchev–Trinajstić information content (AvgIpc) is 1.56. The summed E-state index contributed by atoms with van der Waals surface area (Å²) in [4.78, 5) is 12.1. The Morgan fingerprint density at radius 1 is 0.359 bits per heavy atom. The topological polar surface area (TPSA) is 183 Å². The highest BCUT2D eigenvalue weighted by Crippen LogP contribution is 2.46. The molecule has 1 saturated heterocycles. The lowest BCUT2D eigenvalue weighted by atomic mass is 9.79. The highest BCUT2D eigenvalue weighted by atomic mass is 79.9. The Morgan fingerprint density at radius 2 is 0.778 bits per heavy atom. The van der Waals surface area contributed by atoms with Crippen LogP contribution in [0.5, 0.6) is 0 Å². The Hall–Kier alpha value is -10.7. The minimum Gasteiger partial charge on any atom is -0.412 e. The van der Waals surface area contributed by atoms with Gasteiger partial charge in [-0.05, 0) is 194 Å². The number of H-pyrrole nitrogens is 3. The summed E-state index contributed by atoms with van der Waals surface area (Å²) in [5.41, 5.74) is 15.4. The summed E-state index contributed by atoms with van der Waals surface area (Å²) >= 11 is 10.6. The number of hydrogen-bond donors (Lipinski definition) is 5. The van der Waals surface area contributed by atoms with Gasteiger partial charge in [-0.3, -0.25) is 8.42 Å². The standard InChI is InChI=1S/C24H15NS.C19H15NOS.C18H22BNO2.C18H11NS.C12H8BrN.C7H7BrOS.H3N.H2O.H3P/c1-2-8-16(9-3-1)25-19-12-6-4-10-17(19)23-20(25)14-15-22-24(23)18-11-5-7-13-21(18)26-22;1-22(21)18-12-5-3-7-13(18)14-9-6-11-17-19(14)15-8-2-4-10-16(15)20-17;1-17(2)18(3,4)22-19(21-17)14-9-8-12-16(13-14)20-15-10-6-5-7-11-15;1-3-7-13-11(5-1)17-14(19-13)9-10-16-18(17)12-6-2-4-8-15(12)20-16;13-9-5-3-7-11-12(9)8-4-1-2-6-10(8)14-11;1-10(9)7-5-3-2-4-6(7)8;;;/h1-15H;2-12,20H,1H3;5-13,20H,1-4H3;1-10,19H;1-7,14H;2-5H,1H3;1H3;1H2;1H3. The quantitative estimate of drug-likeness (QED) is 0.0781. The molecule has 0 saturated carbocycles. The number of para-hydroxylation sites is 6. The molecular formula is C98H86BBr2N6O5PS4. The number of nitrogens with one attached hydrogen (secondary N) is 4. The second-order valence-electron chi connectivity index (χ2n) is 29.0. The zero-order valence-electron chi connectivity index (χ0n) is 65.3. The van der Waals surface area contributed by atoms with E-state index in [9.17, 15) is 8.42 Å². The molecule has 117 heavy (non-hydrogen) atoms. The summed E-state index contributed by atoms with van der Waals surface area (Å²) in [7, 11) is -2.23. The van der Waals surface area contributed by atoms with Gasteiger partial charge in [-0.2, -0.15) is 9.90 Å². The molecule has 0 aliphatic carbocycles. The van der Waals surface area contributed by atoms with Gasteiger partial charge in [0.25, 0.3) is 0 Å². The van der Waals surface area contributed by atoms with Gasteiger partial charge < -0.3 is 45.8 Å². The molecule has 0 amide bonds. The summed E-state index contributed by atoms with van der Waals surface area (Å²) in [5, 5.41) is 19.2. The molecule has 0 radical (unpaired) electrons. The van der Waals surface area contributed by atoms with Crippen LogP contribution in [0, 0.1) is 0 Å². The Labute approximate surface area is 712 Å². The van der Waals surface area contributed by atoms with E-state index in [-0.39, 0.29) is 39.8 Å². The molecule has 22 rings (SSSR count). The molecule has 0 spiro atoms. The van der Waals surface area contributed by atoms with Crippen LogP contribution in [0.25, 0.3) is 144 Å². The van der Waals surface area contributed by atoms with Crippen molar-refractivity contribution in [2.75, 3.05) is 17.8 Å². The monoisotopic (exact) mass is 1750 g/mol. The highest BCUT2D eigenvalue weighted by molar-refractivity contribution is 9.11. The summed E-state index contributed by atoms with van der Waals surface area (Å²) in [6.07, 6.45) is 3.40. The van der Waals surface area contributed by atoms with Crippen molar-refractivity contribution >= 4 is 238 Å². The normalized spacial score (nSPS) is 13.1. The van der Waals surface area contributed by atoms with Gasteiger partial charge in [0.15, 0.2) is 0 Å². The molecule has 1 fully saturated rings. The number of nitrogens with zero attached hydrogens (tertiary/aromatic N) is 1. The van der Waals surface area contributed by atoms with Gasteiger partial charge in [0.05, 0.1) is 48.7 Å². The predicted molar refractivity (Wildman–Crippen MR) is 518 cm³/mol. The van der Waals surface area contributed by atoms with Crippen LogP contribution in [0.1, 0.15) is 27.7 Å². The molecule has 3 unspecified atom stereocenters. The third kappa shape index (κ3) is 16.6. The first-order chi connectivity index (χ1) is 55.5. The number of hydrogen-bond acceptors (Lipinski definition) is 8. The molecule has 584 valence electrons. The van der Waals surface area contributed by atoms with Crippen LogP contribution in [-0.2, 0) is 30.9 Å². The maximum absolute atomic E-state index is 12.1. The first-order valence-electron chi connectivity index (χ1n) is 37.7.